The molecule has 0 saturated heterocycles. The number of oxime groups is 1. The zero-order valence-electron chi connectivity index (χ0n) is 10.7. The van der Waals surface area contributed by atoms with Gasteiger partial charge in [0.1, 0.15) is 0 Å². The monoisotopic (exact) mass is 362 g/mol. The average Bonchev–Trinajstić information content (AvgIpc) is 2.89. The molecule has 0 spiro atoms. The van der Waals surface area contributed by atoms with Crippen LogP contribution >= 0.6 is 27.7 Å². The van der Waals surface area contributed by atoms with Gasteiger partial charge in [-0.3, -0.25) is 0 Å². The Labute approximate surface area is 133 Å². The molecule has 0 atom stereocenters. The van der Waals surface area contributed by atoms with Crippen molar-refractivity contribution in [2.24, 2.45) is 10.9 Å². The lowest BCUT2D eigenvalue weighted by molar-refractivity contribution is 0.318. The number of imidazole rings is 1. The van der Waals surface area contributed by atoms with E-state index in [9.17, 15) is 0 Å². The molecule has 1 aromatic heterocycles. The molecule has 5 nitrogen and oxygen atoms in total. The van der Waals surface area contributed by atoms with E-state index in [4.69, 9.17) is 10.9 Å². The molecular formula is C14H11BrN4OS. The van der Waals surface area contributed by atoms with E-state index < -0.39 is 0 Å². The highest BCUT2D eigenvalue weighted by Gasteiger charge is 2.14. The molecule has 7 heteroatoms. The van der Waals surface area contributed by atoms with Gasteiger partial charge in [0.2, 0.25) is 0 Å². The summed E-state index contributed by atoms with van der Waals surface area (Å²) < 4.78 is 0.763. The first-order valence-corrected chi connectivity index (χ1v) is 7.69. The molecule has 3 aromatic rings. The van der Waals surface area contributed by atoms with Gasteiger partial charge < -0.3 is 15.9 Å². The molecule has 0 aliphatic rings. The Morgan fingerprint density at radius 2 is 2.05 bits per heavy atom. The fourth-order valence-corrected chi connectivity index (χ4v) is 3.65. The summed E-state index contributed by atoms with van der Waals surface area (Å²) in [5.41, 5.74) is 8.27. The molecule has 0 aliphatic heterocycles. The van der Waals surface area contributed by atoms with Crippen molar-refractivity contribution in [2.45, 2.75) is 10.1 Å². The SMILES string of the molecule is N/C(=N/O)c1c(Br)cccc1Sc1nc2ccccc2[nH]1. The molecule has 4 N–H and O–H groups in total. The number of halogens is 1. The number of nitrogens with zero attached hydrogens (tertiary/aromatic N) is 2. The molecule has 2 aromatic carbocycles. The Morgan fingerprint density at radius 1 is 1.24 bits per heavy atom. The van der Waals surface area contributed by atoms with Gasteiger partial charge in [-0.15, -0.1) is 0 Å². The lowest BCUT2D eigenvalue weighted by Gasteiger charge is -2.08. The summed E-state index contributed by atoms with van der Waals surface area (Å²) in [6.07, 6.45) is 0. The van der Waals surface area contributed by atoms with Gasteiger partial charge in [0, 0.05) is 14.9 Å². The third-order valence-electron chi connectivity index (χ3n) is 2.91. The molecule has 0 fully saturated rings. The first-order chi connectivity index (χ1) is 10.2. The van der Waals surface area contributed by atoms with Crippen LogP contribution in [0.1, 0.15) is 5.56 Å². The van der Waals surface area contributed by atoms with E-state index in [2.05, 4.69) is 31.1 Å². The standard InChI is InChI=1S/C14H11BrN4OS/c15-8-4-3-7-11(12(8)13(16)19-20)21-14-17-9-5-1-2-6-10(9)18-14/h1-7,20H,(H2,16,19)(H,17,18). The van der Waals surface area contributed by atoms with Crippen LogP contribution in [0.4, 0.5) is 0 Å². The van der Waals surface area contributed by atoms with Crippen molar-refractivity contribution >= 4 is 44.6 Å². The van der Waals surface area contributed by atoms with Gasteiger partial charge in [-0.05, 0) is 40.2 Å². The lowest BCUT2D eigenvalue weighted by atomic mass is 10.2. The zero-order valence-corrected chi connectivity index (χ0v) is 13.1. The summed E-state index contributed by atoms with van der Waals surface area (Å²) in [6, 6.07) is 13.4. The second-order valence-corrected chi connectivity index (χ2v) is 6.14. The number of H-pyrrole nitrogens is 1. The Bertz CT molecular complexity index is 798. The van der Waals surface area contributed by atoms with Crippen LogP contribution in [0.25, 0.3) is 11.0 Å². The number of aromatic nitrogens is 2. The van der Waals surface area contributed by atoms with Crippen molar-refractivity contribution in [3.05, 3.63) is 52.5 Å². The van der Waals surface area contributed by atoms with E-state index in [1.54, 1.807) is 0 Å². The summed E-state index contributed by atoms with van der Waals surface area (Å²) in [5, 5.41) is 12.8. The summed E-state index contributed by atoms with van der Waals surface area (Å²) in [7, 11) is 0. The van der Waals surface area contributed by atoms with E-state index in [-0.39, 0.29) is 5.84 Å². The van der Waals surface area contributed by atoms with E-state index >= 15 is 0 Å². The maximum Gasteiger partial charge on any atom is 0.172 e. The minimum absolute atomic E-state index is 0.0566. The van der Waals surface area contributed by atoms with Crippen LogP contribution in [0.15, 0.2) is 62.1 Å². The summed E-state index contributed by atoms with van der Waals surface area (Å²) in [4.78, 5) is 8.60. The Morgan fingerprint density at radius 3 is 2.81 bits per heavy atom. The van der Waals surface area contributed by atoms with Crippen LogP contribution in [0, 0.1) is 0 Å². The van der Waals surface area contributed by atoms with Crippen molar-refractivity contribution in [3.63, 3.8) is 0 Å². The molecular weight excluding hydrogens is 352 g/mol. The number of nitrogens with two attached hydrogens (primary N) is 1. The van der Waals surface area contributed by atoms with Crippen LogP contribution in [-0.4, -0.2) is 21.0 Å². The molecule has 0 amide bonds. The maximum absolute atomic E-state index is 8.93. The Kier molecular flexibility index (Phi) is 3.85. The fraction of sp³-hybridized carbons (Fsp3) is 0. The van der Waals surface area contributed by atoms with Gasteiger partial charge in [0.15, 0.2) is 11.0 Å². The van der Waals surface area contributed by atoms with Gasteiger partial charge in [-0.1, -0.05) is 35.1 Å². The minimum atomic E-state index is 0.0566. The van der Waals surface area contributed by atoms with Crippen LogP contribution < -0.4 is 5.73 Å². The number of fused-ring (bicyclic) bond motifs is 1. The number of hydrogen-bond acceptors (Lipinski definition) is 4. The zero-order chi connectivity index (χ0) is 14.8. The van der Waals surface area contributed by atoms with Crippen molar-refractivity contribution < 1.29 is 5.21 Å². The van der Waals surface area contributed by atoms with Gasteiger partial charge in [-0.2, -0.15) is 0 Å². The predicted octanol–water partition coefficient (Wildman–Crippen LogP) is 3.57. The number of benzene rings is 2. The van der Waals surface area contributed by atoms with E-state index in [1.807, 2.05) is 42.5 Å². The Hall–Kier alpha value is -1.99. The van der Waals surface area contributed by atoms with Crippen LogP contribution in [0.5, 0.6) is 0 Å². The van der Waals surface area contributed by atoms with Crippen LogP contribution in [-0.2, 0) is 0 Å². The van der Waals surface area contributed by atoms with Crippen LogP contribution in [0.2, 0.25) is 0 Å². The first kappa shape index (κ1) is 14.0. The Balaban J connectivity index is 2.03. The minimum Gasteiger partial charge on any atom is -0.409 e. The summed E-state index contributed by atoms with van der Waals surface area (Å²) in [5.74, 6) is 0.0566. The quantitative estimate of drug-likeness (QED) is 0.287. The molecule has 0 radical (unpaired) electrons. The van der Waals surface area contributed by atoms with E-state index in [0.29, 0.717) is 5.56 Å². The number of aromatic amines is 1. The van der Waals surface area contributed by atoms with Crippen molar-refractivity contribution in [2.75, 3.05) is 0 Å². The topological polar surface area (TPSA) is 87.3 Å². The number of amidine groups is 1. The van der Waals surface area contributed by atoms with E-state index in [1.165, 1.54) is 11.8 Å². The summed E-state index contributed by atoms with van der Waals surface area (Å²) in [6.45, 7) is 0. The van der Waals surface area contributed by atoms with Crippen LogP contribution in [0.3, 0.4) is 0 Å². The van der Waals surface area contributed by atoms with Gasteiger partial charge in [0.05, 0.1) is 11.0 Å². The highest BCUT2D eigenvalue weighted by Crippen LogP contribution is 2.33. The second kappa shape index (κ2) is 5.79. The third kappa shape index (κ3) is 2.74. The number of para-hydroxylation sites is 2. The van der Waals surface area contributed by atoms with Crippen molar-refractivity contribution in [3.8, 4) is 0 Å². The lowest BCUT2D eigenvalue weighted by Crippen LogP contribution is -2.15. The second-order valence-electron chi connectivity index (χ2n) is 4.26. The molecule has 3 rings (SSSR count). The van der Waals surface area contributed by atoms with Gasteiger partial charge >= 0.3 is 0 Å². The average molecular weight is 363 g/mol. The van der Waals surface area contributed by atoms with E-state index in [0.717, 1.165) is 25.6 Å². The third-order valence-corrected chi connectivity index (χ3v) is 4.52. The van der Waals surface area contributed by atoms with Gasteiger partial charge in [0.25, 0.3) is 0 Å². The molecule has 21 heavy (non-hydrogen) atoms. The number of hydrogen-bond donors (Lipinski definition) is 3. The van der Waals surface area contributed by atoms with Crippen molar-refractivity contribution in [1.29, 1.82) is 0 Å². The number of rotatable bonds is 3. The molecule has 0 bridgehead atoms. The largest absolute Gasteiger partial charge is 0.409 e. The molecule has 1 heterocycles. The predicted molar refractivity (Wildman–Crippen MR) is 86.9 cm³/mol. The smallest absolute Gasteiger partial charge is 0.172 e. The normalized spacial score (nSPS) is 12.0. The number of nitrogens with one attached hydrogen (secondary N) is 1. The fourth-order valence-electron chi connectivity index (χ4n) is 1.97. The molecule has 0 aliphatic carbocycles. The van der Waals surface area contributed by atoms with Crippen molar-refractivity contribution in [1.82, 2.24) is 9.97 Å². The highest BCUT2D eigenvalue weighted by atomic mass is 79.9. The maximum atomic E-state index is 8.93. The molecule has 0 unspecified atom stereocenters. The molecule has 0 saturated carbocycles. The highest BCUT2D eigenvalue weighted by molar-refractivity contribution is 9.10. The molecule has 106 valence electrons. The first-order valence-electron chi connectivity index (χ1n) is 6.08. The van der Waals surface area contributed by atoms with Gasteiger partial charge in [-0.25, -0.2) is 4.98 Å². The summed E-state index contributed by atoms with van der Waals surface area (Å²) >= 11 is 4.85.